The summed E-state index contributed by atoms with van der Waals surface area (Å²) in [6.45, 7) is 6.05. The van der Waals surface area contributed by atoms with E-state index in [-0.39, 0.29) is 18.4 Å². The zero-order valence-electron chi connectivity index (χ0n) is 13.0. The molecule has 0 heterocycles. The van der Waals surface area contributed by atoms with Gasteiger partial charge in [-0.25, -0.2) is 0 Å². The number of likely N-dealkylation sites (N-methyl/N-ethyl adjacent to an activating group) is 1. The molecule has 0 saturated carbocycles. The lowest BCUT2D eigenvalue weighted by atomic mass is 10.3. The third kappa shape index (κ3) is 5.69. The summed E-state index contributed by atoms with van der Waals surface area (Å²) in [5, 5.41) is 2.76. The Morgan fingerprint density at radius 1 is 1.33 bits per heavy atom. The second-order valence-corrected chi connectivity index (χ2v) is 4.85. The lowest BCUT2D eigenvalue weighted by Crippen LogP contribution is -2.37. The number of hydrogen-bond acceptors (Lipinski definition) is 3. The van der Waals surface area contributed by atoms with Crippen LogP contribution >= 0.6 is 0 Å². The quantitative estimate of drug-likeness (QED) is 0.819. The van der Waals surface area contributed by atoms with Crippen LogP contribution in [0.2, 0.25) is 0 Å². The van der Waals surface area contributed by atoms with Crippen LogP contribution in [0.5, 0.6) is 5.75 Å². The van der Waals surface area contributed by atoms with E-state index in [9.17, 15) is 9.59 Å². The first kappa shape index (κ1) is 16.8. The Balaban J connectivity index is 2.66. The molecule has 1 aromatic carbocycles. The first-order chi connectivity index (χ1) is 9.96. The lowest BCUT2D eigenvalue weighted by molar-refractivity contribution is -0.130. The highest BCUT2D eigenvalue weighted by molar-refractivity contribution is 5.96. The minimum Gasteiger partial charge on any atom is -0.497 e. The summed E-state index contributed by atoms with van der Waals surface area (Å²) < 4.78 is 5.10. The van der Waals surface area contributed by atoms with Crippen LogP contribution in [0.3, 0.4) is 0 Å². The van der Waals surface area contributed by atoms with E-state index in [1.165, 1.54) is 11.0 Å². The van der Waals surface area contributed by atoms with Crippen LogP contribution in [0.4, 0.5) is 5.69 Å². The summed E-state index contributed by atoms with van der Waals surface area (Å²) in [5.41, 5.74) is 1.55. The van der Waals surface area contributed by atoms with Crippen molar-refractivity contribution in [1.29, 1.82) is 0 Å². The van der Waals surface area contributed by atoms with Gasteiger partial charge in [-0.05, 0) is 32.9 Å². The molecule has 0 bridgehead atoms. The number of benzene rings is 1. The van der Waals surface area contributed by atoms with Crippen molar-refractivity contribution >= 4 is 17.5 Å². The van der Waals surface area contributed by atoms with Crippen molar-refractivity contribution in [2.24, 2.45) is 0 Å². The van der Waals surface area contributed by atoms with Crippen LogP contribution < -0.4 is 10.1 Å². The Labute approximate surface area is 125 Å². The highest BCUT2D eigenvalue weighted by Gasteiger charge is 2.13. The van der Waals surface area contributed by atoms with Crippen molar-refractivity contribution in [3.63, 3.8) is 0 Å². The fraction of sp³-hybridized carbons (Fsp3) is 0.375. The molecule has 0 aliphatic heterocycles. The summed E-state index contributed by atoms with van der Waals surface area (Å²) in [4.78, 5) is 25.4. The molecule has 0 atom stereocenters. The average Bonchev–Trinajstić information content (AvgIpc) is 2.44. The van der Waals surface area contributed by atoms with E-state index in [0.29, 0.717) is 18.0 Å². The fourth-order valence-corrected chi connectivity index (χ4v) is 1.76. The van der Waals surface area contributed by atoms with Crippen molar-refractivity contribution in [3.8, 4) is 5.75 Å². The van der Waals surface area contributed by atoms with Crippen LogP contribution in [-0.2, 0) is 9.59 Å². The van der Waals surface area contributed by atoms with E-state index in [1.807, 2.05) is 20.8 Å². The first-order valence-corrected chi connectivity index (χ1v) is 6.84. The Bertz CT molecular complexity index is 534. The second kappa shape index (κ2) is 8.09. The van der Waals surface area contributed by atoms with Crippen molar-refractivity contribution in [3.05, 3.63) is 35.9 Å². The number of rotatable bonds is 6. The van der Waals surface area contributed by atoms with Crippen LogP contribution in [0.15, 0.2) is 35.9 Å². The van der Waals surface area contributed by atoms with Crippen molar-refractivity contribution in [1.82, 2.24) is 4.90 Å². The summed E-state index contributed by atoms with van der Waals surface area (Å²) >= 11 is 0. The molecule has 0 aliphatic carbocycles. The Hall–Kier alpha value is -2.30. The smallest absolute Gasteiger partial charge is 0.246 e. The number of nitrogens with zero attached hydrogens (tertiary/aromatic N) is 1. The molecular weight excluding hydrogens is 268 g/mol. The predicted molar refractivity (Wildman–Crippen MR) is 83.3 cm³/mol. The number of anilines is 1. The molecule has 0 fully saturated rings. The molecule has 0 saturated heterocycles. The Kier molecular flexibility index (Phi) is 6.46. The van der Waals surface area contributed by atoms with Crippen LogP contribution in [-0.4, -0.2) is 36.9 Å². The lowest BCUT2D eigenvalue weighted by Gasteiger charge is -2.19. The highest BCUT2D eigenvalue weighted by atomic mass is 16.5. The summed E-state index contributed by atoms with van der Waals surface area (Å²) in [6, 6.07) is 7.09. The van der Waals surface area contributed by atoms with Gasteiger partial charge in [0, 0.05) is 24.4 Å². The topological polar surface area (TPSA) is 58.6 Å². The summed E-state index contributed by atoms with van der Waals surface area (Å²) in [7, 11) is 1.57. The minimum absolute atomic E-state index is 0.0241. The van der Waals surface area contributed by atoms with Gasteiger partial charge in [-0.15, -0.1) is 0 Å². The summed E-state index contributed by atoms with van der Waals surface area (Å²) in [6.07, 6.45) is 1.53. The molecule has 114 valence electrons. The number of allylic oxidation sites excluding steroid dienone is 1. The van der Waals surface area contributed by atoms with Gasteiger partial charge in [-0.3, -0.25) is 9.59 Å². The molecule has 1 aromatic rings. The number of methoxy groups -OCH3 is 1. The number of amides is 2. The predicted octanol–water partition coefficient (Wildman–Crippen LogP) is 2.45. The van der Waals surface area contributed by atoms with E-state index in [2.05, 4.69) is 5.32 Å². The maximum absolute atomic E-state index is 12.0. The van der Waals surface area contributed by atoms with Crippen molar-refractivity contribution in [2.45, 2.75) is 20.8 Å². The van der Waals surface area contributed by atoms with Gasteiger partial charge in [0.05, 0.1) is 7.11 Å². The Morgan fingerprint density at radius 3 is 2.62 bits per heavy atom. The van der Waals surface area contributed by atoms with Gasteiger partial charge in [-0.2, -0.15) is 0 Å². The molecule has 0 aliphatic rings. The largest absolute Gasteiger partial charge is 0.497 e. The maximum Gasteiger partial charge on any atom is 0.246 e. The first-order valence-electron chi connectivity index (χ1n) is 6.84. The zero-order chi connectivity index (χ0) is 15.8. The fourth-order valence-electron chi connectivity index (χ4n) is 1.76. The van der Waals surface area contributed by atoms with Crippen LogP contribution in [0, 0.1) is 0 Å². The SMILES string of the molecule is CCN(CC(=O)Nc1cccc(OC)c1)C(=O)C=C(C)C. The van der Waals surface area contributed by atoms with Gasteiger partial charge in [0.1, 0.15) is 12.3 Å². The normalized spacial score (nSPS) is 9.71. The zero-order valence-corrected chi connectivity index (χ0v) is 13.0. The van der Waals surface area contributed by atoms with E-state index in [4.69, 9.17) is 4.74 Å². The van der Waals surface area contributed by atoms with Gasteiger partial charge in [0.15, 0.2) is 0 Å². The number of nitrogens with one attached hydrogen (secondary N) is 1. The van der Waals surface area contributed by atoms with E-state index < -0.39 is 0 Å². The number of carbonyl (C=O) groups excluding carboxylic acids is 2. The molecular formula is C16H22N2O3. The molecule has 5 nitrogen and oxygen atoms in total. The standard InChI is InChI=1S/C16H22N2O3/c1-5-18(16(20)9-12(2)3)11-15(19)17-13-7-6-8-14(10-13)21-4/h6-10H,5,11H2,1-4H3,(H,17,19). The maximum atomic E-state index is 12.0. The molecule has 1 rings (SSSR count). The molecule has 2 amide bonds. The van der Waals surface area contributed by atoms with Gasteiger partial charge in [-0.1, -0.05) is 11.6 Å². The van der Waals surface area contributed by atoms with E-state index in [0.717, 1.165) is 5.57 Å². The molecule has 1 N–H and O–H groups in total. The third-order valence-electron chi connectivity index (χ3n) is 2.79. The third-order valence-corrected chi connectivity index (χ3v) is 2.79. The minimum atomic E-state index is -0.236. The average molecular weight is 290 g/mol. The van der Waals surface area contributed by atoms with Crippen molar-refractivity contribution < 1.29 is 14.3 Å². The number of carbonyl (C=O) groups is 2. The molecule has 0 spiro atoms. The molecule has 21 heavy (non-hydrogen) atoms. The number of hydrogen-bond donors (Lipinski definition) is 1. The van der Waals surface area contributed by atoms with E-state index >= 15 is 0 Å². The molecule has 0 radical (unpaired) electrons. The van der Waals surface area contributed by atoms with Gasteiger partial charge >= 0.3 is 0 Å². The van der Waals surface area contributed by atoms with Crippen molar-refractivity contribution in [2.75, 3.05) is 25.5 Å². The number of ether oxygens (including phenoxy) is 1. The van der Waals surface area contributed by atoms with Gasteiger partial charge in [0.2, 0.25) is 11.8 Å². The Morgan fingerprint density at radius 2 is 2.05 bits per heavy atom. The summed E-state index contributed by atoms with van der Waals surface area (Å²) in [5.74, 6) is 0.277. The second-order valence-electron chi connectivity index (χ2n) is 4.85. The molecule has 5 heteroatoms. The molecule has 0 aromatic heterocycles. The van der Waals surface area contributed by atoms with Crippen LogP contribution in [0.25, 0.3) is 0 Å². The van der Waals surface area contributed by atoms with E-state index in [1.54, 1.807) is 31.4 Å². The highest BCUT2D eigenvalue weighted by Crippen LogP contribution is 2.16. The van der Waals surface area contributed by atoms with Crippen LogP contribution in [0.1, 0.15) is 20.8 Å². The monoisotopic (exact) mass is 290 g/mol. The van der Waals surface area contributed by atoms with Gasteiger partial charge in [0.25, 0.3) is 0 Å². The van der Waals surface area contributed by atoms with Gasteiger partial charge < -0.3 is 15.0 Å². The molecule has 0 unspecified atom stereocenters.